The fourth-order valence-corrected chi connectivity index (χ4v) is 2.86. The molecule has 1 amide bonds. The van der Waals surface area contributed by atoms with Crippen LogP contribution < -0.4 is 9.47 Å². The Balaban J connectivity index is 2.26. The van der Waals surface area contributed by atoms with Crippen molar-refractivity contribution in [3.05, 3.63) is 23.8 Å². The maximum absolute atomic E-state index is 13.5. The molecule has 0 fully saturated rings. The monoisotopic (exact) mass is 388 g/mol. The maximum Gasteiger partial charge on any atom is 0.438 e. The van der Waals surface area contributed by atoms with E-state index in [1.807, 2.05) is 6.92 Å². The van der Waals surface area contributed by atoms with Crippen molar-refractivity contribution in [2.45, 2.75) is 50.9 Å². The highest BCUT2D eigenvalue weighted by Crippen LogP contribution is 2.41. The molecule has 2 rings (SSSR count). The number of methoxy groups -OCH3 is 2. The molecule has 0 saturated heterocycles. The van der Waals surface area contributed by atoms with Gasteiger partial charge in [0.2, 0.25) is 5.91 Å². The Morgan fingerprint density at radius 1 is 1.30 bits per heavy atom. The molecular weight excluding hydrogens is 365 g/mol. The van der Waals surface area contributed by atoms with Crippen LogP contribution in [-0.2, 0) is 11.2 Å². The minimum atomic E-state index is -5.02. The second-order valence-corrected chi connectivity index (χ2v) is 6.33. The molecule has 1 aliphatic heterocycles. The van der Waals surface area contributed by atoms with Crippen LogP contribution in [0.3, 0.4) is 0 Å². The summed E-state index contributed by atoms with van der Waals surface area (Å²) in [4.78, 5) is 12.5. The number of hydrazone groups is 1. The number of carbonyl (C=O) groups is 1. The number of halogens is 3. The summed E-state index contributed by atoms with van der Waals surface area (Å²) in [5.74, 6) is -0.169. The standard InChI is InChI=1S/C18H23F3N2O4/c1-4-5-6-13-11-17(25,18(19,20)21)23(22-13)16(24)10-12-7-8-14(26-2)15(9-12)27-3/h7-9,25H,4-6,10-11H2,1-3H3. The van der Waals surface area contributed by atoms with Gasteiger partial charge < -0.3 is 14.6 Å². The summed E-state index contributed by atoms with van der Waals surface area (Å²) in [7, 11) is 2.86. The largest absolute Gasteiger partial charge is 0.493 e. The zero-order valence-electron chi connectivity index (χ0n) is 15.5. The number of rotatable bonds is 7. The summed E-state index contributed by atoms with van der Waals surface area (Å²) in [5.41, 5.74) is -2.74. The molecule has 6 nitrogen and oxygen atoms in total. The van der Waals surface area contributed by atoms with Crippen molar-refractivity contribution >= 4 is 11.6 Å². The molecule has 1 unspecified atom stereocenters. The summed E-state index contributed by atoms with van der Waals surface area (Å²) in [5, 5.41) is 14.2. The summed E-state index contributed by atoms with van der Waals surface area (Å²) < 4.78 is 50.6. The van der Waals surface area contributed by atoms with Gasteiger partial charge in [-0.05, 0) is 30.5 Å². The fourth-order valence-electron chi connectivity index (χ4n) is 2.86. The van der Waals surface area contributed by atoms with Crippen LogP contribution in [0.1, 0.15) is 38.2 Å². The molecule has 0 aromatic heterocycles. The number of benzene rings is 1. The van der Waals surface area contributed by atoms with Crippen molar-refractivity contribution in [1.82, 2.24) is 5.01 Å². The normalized spacial score (nSPS) is 19.8. The van der Waals surface area contributed by atoms with Crippen LogP contribution in [-0.4, -0.2) is 47.9 Å². The third-order valence-corrected chi connectivity index (χ3v) is 4.35. The van der Waals surface area contributed by atoms with Gasteiger partial charge in [0.15, 0.2) is 11.5 Å². The van der Waals surface area contributed by atoms with E-state index in [2.05, 4.69) is 5.10 Å². The first-order valence-electron chi connectivity index (χ1n) is 8.55. The van der Waals surface area contributed by atoms with Gasteiger partial charge in [0, 0.05) is 12.1 Å². The van der Waals surface area contributed by atoms with Crippen LogP contribution in [0.5, 0.6) is 11.5 Å². The van der Waals surface area contributed by atoms with Gasteiger partial charge >= 0.3 is 6.18 Å². The number of alkyl halides is 3. The van der Waals surface area contributed by atoms with Crippen molar-refractivity contribution < 1.29 is 32.5 Å². The molecular formula is C18H23F3N2O4. The zero-order chi connectivity index (χ0) is 20.2. The Bertz CT molecular complexity index is 721. The maximum atomic E-state index is 13.5. The number of aliphatic hydroxyl groups is 1. The van der Waals surface area contributed by atoms with E-state index in [1.54, 1.807) is 12.1 Å². The smallest absolute Gasteiger partial charge is 0.438 e. The molecule has 1 atom stereocenters. The highest BCUT2D eigenvalue weighted by molar-refractivity contribution is 5.91. The molecule has 0 radical (unpaired) electrons. The number of nitrogens with zero attached hydrogens (tertiary/aromatic N) is 2. The van der Waals surface area contributed by atoms with Crippen LogP contribution in [0, 0.1) is 0 Å². The lowest BCUT2D eigenvalue weighted by Gasteiger charge is -2.32. The highest BCUT2D eigenvalue weighted by Gasteiger charge is 2.62. The highest BCUT2D eigenvalue weighted by atomic mass is 19.4. The average Bonchev–Trinajstić information content (AvgIpc) is 2.97. The summed E-state index contributed by atoms with van der Waals surface area (Å²) in [6, 6.07) is 4.60. The second-order valence-electron chi connectivity index (χ2n) is 6.33. The Morgan fingerprint density at radius 3 is 2.52 bits per heavy atom. The van der Waals surface area contributed by atoms with E-state index in [1.165, 1.54) is 20.3 Å². The lowest BCUT2D eigenvalue weighted by Crippen LogP contribution is -2.57. The Kier molecular flexibility index (Phi) is 6.35. The number of unbranched alkanes of at least 4 members (excludes halogenated alkanes) is 1. The lowest BCUT2D eigenvalue weighted by molar-refractivity contribution is -0.302. The van der Waals surface area contributed by atoms with Crippen molar-refractivity contribution in [2.24, 2.45) is 5.10 Å². The third-order valence-electron chi connectivity index (χ3n) is 4.35. The molecule has 1 aromatic rings. The van der Waals surface area contributed by atoms with Crippen LogP contribution in [0.25, 0.3) is 0 Å². The number of carbonyl (C=O) groups excluding carboxylic acids is 1. The van der Waals surface area contributed by atoms with Gasteiger partial charge in [0.05, 0.1) is 20.6 Å². The van der Waals surface area contributed by atoms with Gasteiger partial charge in [-0.25, -0.2) is 0 Å². The van der Waals surface area contributed by atoms with Crippen molar-refractivity contribution in [1.29, 1.82) is 0 Å². The van der Waals surface area contributed by atoms with Gasteiger partial charge in [-0.2, -0.15) is 23.3 Å². The molecule has 9 heteroatoms. The van der Waals surface area contributed by atoms with Crippen molar-refractivity contribution in [3.63, 3.8) is 0 Å². The Morgan fingerprint density at radius 2 is 1.96 bits per heavy atom. The summed E-state index contributed by atoms with van der Waals surface area (Å²) >= 11 is 0. The van der Waals surface area contributed by atoms with E-state index < -0.39 is 24.2 Å². The molecule has 27 heavy (non-hydrogen) atoms. The van der Waals surface area contributed by atoms with Crippen LogP contribution in [0.4, 0.5) is 13.2 Å². The zero-order valence-corrected chi connectivity index (χ0v) is 15.5. The van der Waals surface area contributed by atoms with Gasteiger partial charge in [0.25, 0.3) is 5.72 Å². The summed E-state index contributed by atoms with van der Waals surface area (Å²) in [6.07, 6.45) is -4.42. The van der Waals surface area contributed by atoms with Gasteiger partial charge in [-0.15, -0.1) is 0 Å². The molecule has 0 saturated carbocycles. The minimum absolute atomic E-state index is 0.164. The minimum Gasteiger partial charge on any atom is -0.493 e. The lowest BCUT2D eigenvalue weighted by atomic mass is 10.0. The number of hydrogen-bond acceptors (Lipinski definition) is 5. The Hall–Kier alpha value is -2.29. The van der Waals surface area contributed by atoms with E-state index in [9.17, 15) is 23.1 Å². The molecule has 0 aliphatic carbocycles. The first-order valence-corrected chi connectivity index (χ1v) is 8.55. The predicted octanol–water partition coefficient (Wildman–Crippen LogP) is 3.28. The van der Waals surface area contributed by atoms with Crippen molar-refractivity contribution in [2.75, 3.05) is 14.2 Å². The molecule has 0 bridgehead atoms. The van der Waals surface area contributed by atoms with Gasteiger partial charge in [-0.1, -0.05) is 19.4 Å². The van der Waals surface area contributed by atoms with Crippen LogP contribution >= 0.6 is 0 Å². The molecule has 0 spiro atoms. The first kappa shape index (κ1) is 21.0. The first-order chi connectivity index (χ1) is 12.7. The van der Waals surface area contributed by atoms with E-state index >= 15 is 0 Å². The Labute approximate surface area is 155 Å². The van der Waals surface area contributed by atoms with Crippen LogP contribution in [0.2, 0.25) is 0 Å². The molecule has 1 aromatic carbocycles. The van der Waals surface area contributed by atoms with E-state index in [4.69, 9.17) is 9.47 Å². The topological polar surface area (TPSA) is 71.4 Å². The predicted molar refractivity (Wildman–Crippen MR) is 92.7 cm³/mol. The van der Waals surface area contributed by atoms with Crippen LogP contribution in [0.15, 0.2) is 23.3 Å². The van der Waals surface area contributed by atoms with Gasteiger partial charge in [0.1, 0.15) is 0 Å². The molecule has 150 valence electrons. The summed E-state index contributed by atoms with van der Waals surface area (Å²) in [6.45, 7) is 1.89. The number of ether oxygens (including phenoxy) is 2. The average molecular weight is 388 g/mol. The van der Waals surface area contributed by atoms with E-state index in [-0.39, 0.29) is 17.1 Å². The second kappa shape index (κ2) is 8.16. The SMILES string of the molecule is CCCCC1=NN(C(=O)Cc2ccc(OC)c(OC)c2)C(O)(C(F)(F)F)C1. The number of hydrogen-bond donors (Lipinski definition) is 1. The molecule has 1 N–H and O–H groups in total. The van der Waals surface area contributed by atoms with E-state index in [0.717, 1.165) is 6.42 Å². The molecule has 1 aliphatic rings. The van der Waals surface area contributed by atoms with E-state index in [0.29, 0.717) is 29.9 Å². The molecule has 1 heterocycles. The van der Waals surface area contributed by atoms with Gasteiger partial charge in [-0.3, -0.25) is 4.79 Å². The third kappa shape index (κ3) is 4.35. The number of amides is 1. The van der Waals surface area contributed by atoms with Crippen molar-refractivity contribution in [3.8, 4) is 11.5 Å². The quantitative estimate of drug-likeness (QED) is 0.778. The fraction of sp³-hybridized carbons (Fsp3) is 0.556.